The molecule has 2 aliphatic carbocycles. The first-order valence-corrected chi connectivity index (χ1v) is 9.06. The molecule has 0 radical (unpaired) electrons. The topological polar surface area (TPSA) is 122 Å². The number of aliphatic hydroxyl groups excluding tert-OH is 1. The summed E-state index contributed by atoms with van der Waals surface area (Å²) in [6.45, 7) is 2.72. The van der Waals surface area contributed by atoms with Gasteiger partial charge in [0.15, 0.2) is 0 Å². The van der Waals surface area contributed by atoms with Crippen LogP contribution < -0.4 is 16.4 Å². The second kappa shape index (κ2) is 7.97. The quantitative estimate of drug-likeness (QED) is 0.584. The van der Waals surface area contributed by atoms with Gasteiger partial charge in [-0.3, -0.25) is 4.79 Å². The number of primary amides is 1. The van der Waals surface area contributed by atoms with Gasteiger partial charge < -0.3 is 26.2 Å². The monoisotopic (exact) mass is 349 g/mol. The molecule has 0 bridgehead atoms. The van der Waals surface area contributed by atoms with Crippen molar-refractivity contribution in [2.45, 2.75) is 69.7 Å². The van der Waals surface area contributed by atoms with Crippen molar-refractivity contribution in [2.75, 3.05) is 17.2 Å². The summed E-state index contributed by atoms with van der Waals surface area (Å²) >= 11 is 0. The minimum Gasteiger partial charge on any atom is -0.391 e. The maximum Gasteiger partial charge on any atom is 0.254 e. The van der Waals surface area contributed by atoms with Crippen LogP contribution in [-0.4, -0.2) is 51.9 Å². The Kier molecular flexibility index (Phi) is 5.70. The van der Waals surface area contributed by atoms with Crippen molar-refractivity contribution in [3.05, 3.63) is 11.8 Å². The number of carbonyl (C=O) groups excluding carboxylic acids is 1. The molecule has 2 saturated carbocycles. The zero-order chi connectivity index (χ0) is 17.8. The van der Waals surface area contributed by atoms with E-state index in [4.69, 9.17) is 10.5 Å². The van der Waals surface area contributed by atoms with Crippen molar-refractivity contribution in [2.24, 2.45) is 5.73 Å². The largest absolute Gasteiger partial charge is 0.391 e. The van der Waals surface area contributed by atoms with Crippen molar-refractivity contribution in [3.63, 3.8) is 0 Å². The lowest BCUT2D eigenvalue weighted by Gasteiger charge is -2.20. The lowest BCUT2D eigenvalue weighted by atomic mass is 10.2. The smallest absolute Gasteiger partial charge is 0.254 e. The standard InChI is InChI=1S/C17H27N5O3/c1-2-25-11-7-6-10(8-11)20-17-19-9-12(15(18)24)16(22-17)21-13-4-3-5-14(13)23/h9-11,13-14,23H,2-8H2,1H3,(H2,18,24)(H2,19,20,21,22)/t10-,11-,13+,14+/m1/s1. The van der Waals surface area contributed by atoms with Crippen LogP contribution >= 0.6 is 0 Å². The molecule has 0 spiro atoms. The fourth-order valence-corrected chi connectivity index (χ4v) is 3.67. The Morgan fingerprint density at radius 3 is 2.88 bits per heavy atom. The number of carbonyl (C=O) groups is 1. The van der Waals surface area contributed by atoms with Crippen LogP contribution in [0.1, 0.15) is 55.8 Å². The summed E-state index contributed by atoms with van der Waals surface area (Å²) in [6.07, 6.45) is 6.75. The highest BCUT2D eigenvalue weighted by Crippen LogP contribution is 2.27. The van der Waals surface area contributed by atoms with Gasteiger partial charge in [-0.25, -0.2) is 4.98 Å². The Bertz CT molecular complexity index is 612. The lowest BCUT2D eigenvalue weighted by Crippen LogP contribution is -2.30. The molecule has 0 aliphatic heterocycles. The third-order valence-corrected chi connectivity index (χ3v) is 4.98. The summed E-state index contributed by atoms with van der Waals surface area (Å²) in [6, 6.07) is 0.135. The van der Waals surface area contributed by atoms with E-state index in [0.717, 1.165) is 45.1 Å². The minimum absolute atomic E-state index is 0.116. The molecule has 1 heterocycles. The van der Waals surface area contributed by atoms with Crippen LogP contribution in [-0.2, 0) is 4.74 Å². The summed E-state index contributed by atoms with van der Waals surface area (Å²) < 4.78 is 5.66. The number of amides is 1. The molecule has 5 N–H and O–H groups in total. The molecule has 138 valence electrons. The van der Waals surface area contributed by atoms with E-state index in [2.05, 4.69) is 20.6 Å². The molecular weight excluding hydrogens is 322 g/mol. The summed E-state index contributed by atoms with van der Waals surface area (Å²) in [5.74, 6) is 0.260. The molecule has 2 fully saturated rings. The van der Waals surface area contributed by atoms with E-state index in [1.165, 1.54) is 6.20 Å². The number of aromatic nitrogens is 2. The molecule has 1 aromatic heterocycles. The molecule has 4 atom stereocenters. The van der Waals surface area contributed by atoms with Gasteiger partial charge in [0.05, 0.1) is 23.8 Å². The maximum atomic E-state index is 11.7. The average molecular weight is 349 g/mol. The van der Waals surface area contributed by atoms with Gasteiger partial charge in [0, 0.05) is 18.8 Å². The molecule has 2 aliphatic rings. The molecule has 0 unspecified atom stereocenters. The summed E-state index contributed by atoms with van der Waals surface area (Å²) in [4.78, 5) is 20.3. The molecule has 1 amide bonds. The normalized spacial score (nSPS) is 28.9. The second-order valence-corrected chi connectivity index (χ2v) is 6.80. The predicted molar refractivity (Wildman–Crippen MR) is 94.5 cm³/mol. The molecule has 3 rings (SSSR count). The number of anilines is 2. The summed E-state index contributed by atoms with van der Waals surface area (Å²) in [7, 11) is 0. The highest BCUT2D eigenvalue weighted by molar-refractivity contribution is 5.97. The van der Waals surface area contributed by atoms with Gasteiger partial charge in [-0.15, -0.1) is 0 Å². The molecule has 8 nitrogen and oxygen atoms in total. The minimum atomic E-state index is -0.584. The van der Waals surface area contributed by atoms with Gasteiger partial charge in [-0.2, -0.15) is 4.98 Å². The van der Waals surface area contributed by atoms with Gasteiger partial charge in [0.1, 0.15) is 5.82 Å². The highest BCUT2D eigenvalue weighted by Gasteiger charge is 2.28. The summed E-state index contributed by atoms with van der Waals surface area (Å²) in [5.41, 5.74) is 5.67. The van der Waals surface area contributed by atoms with Crippen molar-refractivity contribution in [3.8, 4) is 0 Å². The first-order valence-electron chi connectivity index (χ1n) is 9.06. The highest BCUT2D eigenvalue weighted by atomic mass is 16.5. The van der Waals surface area contributed by atoms with Gasteiger partial charge in [0.2, 0.25) is 5.95 Å². The van der Waals surface area contributed by atoms with Gasteiger partial charge in [-0.05, 0) is 45.4 Å². The van der Waals surface area contributed by atoms with Crippen molar-refractivity contribution >= 4 is 17.7 Å². The molecule has 8 heteroatoms. The first-order chi connectivity index (χ1) is 12.1. The maximum absolute atomic E-state index is 11.7. The van der Waals surface area contributed by atoms with Crippen LogP contribution in [0.2, 0.25) is 0 Å². The van der Waals surface area contributed by atoms with Crippen molar-refractivity contribution < 1.29 is 14.6 Å². The number of nitrogens with zero attached hydrogens (tertiary/aromatic N) is 2. The van der Waals surface area contributed by atoms with Crippen LogP contribution in [0.25, 0.3) is 0 Å². The van der Waals surface area contributed by atoms with Gasteiger partial charge in [-0.1, -0.05) is 0 Å². The third kappa shape index (κ3) is 4.38. The molecule has 25 heavy (non-hydrogen) atoms. The van der Waals surface area contributed by atoms with E-state index in [0.29, 0.717) is 11.8 Å². The SMILES string of the molecule is CCO[C@@H]1CC[C@@H](Nc2ncc(C(N)=O)c(N[C@H]3CCC[C@@H]3O)n2)C1. The first kappa shape index (κ1) is 17.9. The molecular formula is C17H27N5O3. The number of aliphatic hydroxyl groups is 1. The van der Waals surface area contributed by atoms with Crippen molar-refractivity contribution in [1.82, 2.24) is 9.97 Å². The fraction of sp³-hybridized carbons (Fsp3) is 0.706. The number of nitrogens with one attached hydrogen (secondary N) is 2. The number of nitrogens with two attached hydrogens (primary N) is 1. The number of hydrogen-bond donors (Lipinski definition) is 4. The van der Waals surface area contributed by atoms with E-state index in [1.54, 1.807) is 0 Å². The number of rotatable bonds is 7. The molecule has 0 saturated heterocycles. The second-order valence-electron chi connectivity index (χ2n) is 6.80. The Labute approximate surface area is 147 Å². The van der Waals surface area contributed by atoms with E-state index in [-0.39, 0.29) is 23.8 Å². The van der Waals surface area contributed by atoms with E-state index in [9.17, 15) is 9.90 Å². The average Bonchev–Trinajstić information content (AvgIpc) is 3.17. The van der Waals surface area contributed by atoms with Crippen LogP contribution in [0.4, 0.5) is 11.8 Å². The molecule has 1 aromatic rings. The van der Waals surface area contributed by atoms with E-state index >= 15 is 0 Å². The zero-order valence-electron chi connectivity index (χ0n) is 14.6. The van der Waals surface area contributed by atoms with Crippen LogP contribution in [0.15, 0.2) is 6.20 Å². The number of hydrogen-bond acceptors (Lipinski definition) is 7. The van der Waals surface area contributed by atoms with Crippen LogP contribution in [0.5, 0.6) is 0 Å². The van der Waals surface area contributed by atoms with Crippen LogP contribution in [0.3, 0.4) is 0 Å². The Morgan fingerprint density at radius 2 is 2.20 bits per heavy atom. The van der Waals surface area contributed by atoms with E-state index < -0.39 is 12.0 Å². The van der Waals surface area contributed by atoms with Gasteiger partial charge in [0.25, 0.3) is 5.91 Å². The fourth-order valence-electron chi connectivity index (χ4n) is 3.67. The zero-order valence-corrected chi connectivity index (χ0v) is 14.6. The Balaban J connectivity index is 1.70. The van der Waals surface area contributed by atoms with E-state index in [1.807, 2.05) is 6.92 Å². The number of ether oxygens (including phenoxy) is 1. The van der Waals surface area contributed by atoms with Crippen LogP contribution in [0, 0.1) is 0 Å². The lowest BCUT2D eigenvalue weighted by molar-refractivity contribution is 0.0679. The Morgan fingerprint density at radius 1 is 1.36 bits per heavy atom. The summed E-state index contributed by atoms with van der Waals surface area (Å²) in [5, 5.41) is 16.5. The van der Waals surface area contributed by atoms with Crippen molar-refractivity contribution in [1.29, 1.82) is 0 Å². The van der Waals surface area contributed by atoms with Gasteiger partial charge >= 0.3 is 0 Å². The third-order valence-electron chi connectivity index (χ3n) is 4.98. The Hall–Kier alpha value is -1.93. The predicted octanol–water partition coefficient (Wildman–Crippen LogP) is 1.27. The molecule has 0 aromatic carbocycles.